The smallest absolute Gasteiger partial charge is 0.221 e. The molecule has 4 N–H and O–H groups in total. The summed E-state index contributed by atoms with van der Waals surface area (Å²) in [7, 11) is 0. The maximum absolute atomic E-state index is 11.1. The van der Waals surface area contributed by atoms with Crippen LogP contribution >= 0.6 is 0 Å². The van der Waals surface area contributed by atoms with E-state index in [0.717, 1.165) is 38.2 Å². The Hall–Kier alpha value is -1.75. The number of nitrogens with zero attached hydrogens (tertiary/aromatic N) is 1. The molecule has 2 rings (SSSR count). The van der Waals surface area contributed by atoms with Crippen LogP contribution in [0.3, 0.4) is 0 Å². The van der Waals surface area contributed by atoms with Gasteiger partial charge in [0, 0.05) is 13.1 Å². The van der Waals surface area contributed by atoms with E-state index < -0.39 is 0 Å². The molecule has 5 heteroatoms. The van der Waals surface area contributed by atoms with E-state index in [-0.39, 0.29) is 11.8 Å². The molecule has 0 bridgehead atoms. The molecule has 1 unspecified atom stereocenters. The van der Waals surface area contributed by atoms with Crippen molar-refractivity contribution in [3.8, 4) is 5.75 Å². The van der Waals surface area contributed by atoms with Crippen molar-refractivity contribution < 1.29 is 9.53 Å². The Morgan fingerprint density at radius 3 is 2.89 bits per heavy atom. The largest absolute Gasteiger partial charge is 0.491 e. The molecule has 19 heavy (non-hydrogen) atoms. The van der Waals surface area contributed by atoms with Crippen LogP contribution in [0.2, 0.25) is 0 Å². The molecule has 0 saturated carbocycles. The molecule has 0 aromatic heterocycles. The number of anilines is 1. The number of hydrogen-bond donors (Lipinski definition) is 2. The molecule has 1 aliphatic heterocycles. The molecule has 0 radical (unpaired) electrons. The maximum Gasteiger partial charge on any atom is 0.221 e. The van der Waals surface area contributed by atoms with Crippen LogP contribution in [0.25, 0.3) is 0 Å². The molecule has 1 heterocycles. The average molecular weight is 263 g/mol. The quantitative estimate of drug-likeness (QED) is 0.589. The molecule has 1 amide bonds. The number of primary amides is 1. The van der Waals surface area contributed by atoms with Gasteiger partial charge in [0.15, 0.2) is 0 Å². The van der Waals surface area contributed by atoms with E-state index in [1.54, 1.807) is 0 Å². The summed E-state index contributed by atoms with van der Waals surface area (Å²) in [5.41, 5.74) is 11.8. The van der Waals surface area contributed by atoms with Gasteiger partial charge in [-0.1, -0.05) is 12.1 Å². The molecule has 5 nitrogen and oxygen atoms in total. The van der Waals surface area contributed by atoms with E-state index in [9.17, 15) is 4.79 Å². The standard InChI is InChI=1S/C14H21N3O2/c15-12-4-1-2-5-13(12)19-9-3-7-17-8-6-11(10-17)14(16)18/h1-2,4-5,11H,3,6-10,15H2,(H2,16,18). The van der Waals surface area contributed by atoms with Crippen molar-refractivity contribution in [3.05, 3.63) is 24.3 Å². The van der Waals surface area contributed by atoms with Gasteiger partial charge in [-0.3, -0.25) is 4.79 Å². The normalized spacial score (nSPS) is 19.5. The van der Waals surface area contributed by atoms with Crippen molar-refractivity contribution in [2.45, 2.75) is 12.8 Å². The second-order valence-corrected chi connectivity index (χ2v) is 4.93. The molecule has 1 aromatic rings. The Bertz CT molecular complexity index is 436. The predicted molar refractivity (Wildman–Crippen MR) is 74.7 cm³/mol. The fraction of sp³-hybridized carbons (Fsp3) is 0.500. The van der Waals surface area contributed by atoms with E-state index in [4.69, 9.17) is 16.2 Å². The summed E-state index contributed by atoms with van der Waals surface area (Å²) in [6.07, 6.45) is 1.79. The van der Waals surface area contributed by atoms with Crippen molar-refractivity contribution in [2.24, 2.45) is 11.7 Å². The Morgan fingerprint density at radius 1 is 1.42 bits per heavy atom. The Kier molecular flexibility index (Phi) is 4.63. The molecular formula is C14H21N3O2. The van der Waals surface area contributed by atoms with Gasteiger partial charge in [0.05, 0.1) is 18.2 Å². The Labute approximate surface area is 113 Å². The summed E-state index contributed by atoms with van der Waals surface area (Å²) in [6, 6.07) is 7.49. The second kappa shape index (κ2) is 6.43. The lowest BCUT2D eigenvalue weighted by molar-refractivity contribution is -0.121. The summed E-state index contributed by atoms with van der Waals surface area (Å²) in [4.78, 5) is 13.3. The van der Waals surface area contributed by atoms with Gasteiger partial charge < -0.3 is 21.1 Å². The number of benzene rings is 1. The number of carbonyl (C=O) groups excluding carboxylic acids is 1. The lowest BCUT2D eigenvalue weighted by atomic mass is 10.1. The van der Waals surface area contributed by atoms with Gasteiger partial charge in [0.2, 0.25) is 5.91 Å². The van der Waals surface area contributed by atoms with Crippen molar-refractivity contribution in [3.63, 3.8) is 0 Å². The summed E-state index contributed by atoms with van der Waals surface area (Å²) in [6.45, 7) is 3.28. The highest BCUT2D eigenvalue weighted by atomic mass is 16.5. The van der Waals surface area contributed by atoms with Gasteiger partial charge in [0.25, 0.3) is 0 Å². The topological polar surface area (TPSA) is 81.6 Å². The maximum atomic E-state index is 11.1. The summed E-state index contributed by atoms with van der Waals surface area (Å²) in [5, 5.41) is 0. The molecular weight excluding hydrogens is 242 g/mol. The van der Waals surface area contributed by atoms with Gasteiger partial charge in [0.1, 0.15) is 5.75 Å². The van der Waals surface area contributed by atoms with Gasteiger partial charge in [-0.15, -0.1) is 0 Å². The van der Waals surface area contributed by atoms with Crippen LogP contribution in [0.1, 0.15) is 12.8 Å². The van der Waals surface area contributed by atoms with Crippen LogP contribution < -0.4 is 16.2 Å². The molecule has 1 atom stereocenters. The average Bonchev–Trinajstić information content (AvgIpc) is 2.85. The second-order valence-electron chi connectivity index (χ2n) is 4.93. The van der Waals surface area contributed by atoms with Crippen LogP contribution in [-0.4, -0.2) is 37.0 Å². The number of amides is 1. The van der Waals surface area contributed by atoms with Gasteiger partial charge in [-0.25, -0.2) is 0 Å². The van der Waals surface area contributed by atoms with Crippen LogP contribution in [0, 0.1) is 5.92 Å². The summed E-state index contributed by atoms with van der Waals surface area (Å²) < 4.78 is 5.63. The zero-order valence-electron chi connectivity index (χ0n) is 11.0. The van der Waals surface area contributed by atoms with E-state index in [1.807, 2.05) is 24.3 Å². The number of carbonyl (C=O) groups is 1. The van der Waals surface area contributed by atoms with Crippen LogP contribution in [-0.2, 0) is 4.79 Å². The molecule has 1 fully saturated rings. The Balaban J connectivity index is 1.65. The van der Waals surface area contributed by atoms with Gasteiger partial charge in [-0.05, 0) is 31.5 Å². The lowest BCUT2D eigenvalue weighted by Gasteiger charge is -2.15. The van der Waals surface area contributed by atoms with Crippen molar-refractivity contribution in [1.82, 2.24) is 4.90 Å². The third-order valence-electron chi connectivity index (χ3n) is 3.47. The summed E-state index contributed by atoms with van der Waals surface area (Å²) in [5.74, 6) is 0.570. The van der Waals surface area contributed by atoms with E-state index >= 15 is 0 Å². The zero-order valence-corrected chi connectivity index (χ0v) is 11.0. The van der Waals surface area contributed by atoms with E-state index in [1.165, 1.54) is 0 Å². The molecule has 1 aliphatic rings. The highest BCUT2D eigenvalue weighted by molar-refractivity contribution is 5.77. The first kappa shape index (κ1) is 13.7. The number of rotatable bonds is 6. The lowest BCUT2D eigenvalue weighted by Crippen LogP contribution is -2.28. The number of ether oxygens (including phenoxy) is 1. The third kappa shape index (κ3) is 3.86. The third-order valence-corrected chi connectivity index (χ3v) is 3.47. The number of para-hydroxylation sites is 2. The molecule has 1 aromatic carbocycles. The number of likely N-dealkylation sites (tertiary alicyclic amines) is 1. The van der Waals surface area contributed by atoms with Crippen LogP contribution in [0.4, 0.5) is 5.69 Å². The Morgan fingerprint density at radius 2 is 2.21 bits per heavy atom. The van der Waals surface area contributed by atoms with Crippen LogP contribution in [0.5, 0.6) is 5.75 Å². The van der Waals surface area contributed by atoms with Crippen LogP contribution in [0.15, 0.2) is 24.3 Å². The fourth-order valence-electron chi connectivity index (χ4n) is 2.35. The first-order valence-electron chi connectivity index (χ1n) is 6.66. The van der Waals surface area contributed by atoms with Crippen molar-refractivity contribution >= 4 is 11.6 Å². The minimum Gasteiger partial charge on any atom is -0.491 e. The van der Waals surface area contributed by atoms with Gasteiger partial charge >= 0.3 is 0 Å². The fourth-order valence-corrected chi connectivity index (χ4v) is 2.35. The molecule has 104 valence electrons. The van der Waals surface area contributed by atoms with E-state index in [0.29, 0.717) is 12.3 Å². The predicted octanol–water partition coefficient (Wildman–Crippen LogP) is 0.845. The molecule has 1 saturated heterocycles. The monoisotopic (exact) mass is 263 g/mol. The van der Waals surface area contributed by atoms with E-state index in [2.05, 4.69) is 4.90 Å². The number of nitrogens with two attached hydrogens (primary N) is 2. The highest BCUT2D eigenvalue weighted by Gasteiger charge is 2.25. The SMILES string of the molecule is NC(=O)C1CCN(CCCOc2ccccc2N)C1. The first-order valence-corrected chi connectivity index (χ1v) is 6.66. The summed E-state index contributed by atoms with van der Waals surface area (Å²) >= 11 is 0. The number of nitrogen functional groups attached to an aromatic ring is 1. The zero-order chi connectivity index (χ0) is 13.7. The van der Waals surface area contributed by atoms with Gasteiger partial charge in [-0.2, -0.15) is 0 Å². The number of hydrogen-bond acceptors (Lipinski definition) is 4. The van der Waals surface area contributed by atoms with Crippen molar-refractivity contribution in [2.75, 3.05) is 32.0 Å². The first-order chi connectivity index (χ1) is 9.16. The minimum atomic E-state index is -0.184. The minimum absolute atomic E-state index is 0.0192. The molecule has 0 aliphatic carbocycles. The molecule has 0 spiro atoms. The highest BCUT2D eigenvalue weighted by Crippen LogP contribution is 2.20. The van der Waals surface area contributed by atoms with Crippen molar-refractivity contribution in [1.29, 1.82) is 0 Å².